The Morgan fingerprint density at radius 2 is 1.61 bits per heavy atom. The zero-order chi connectivity index (χ0) is 46.9. The SMILES string of the molecule is C#Cc1c(F)ccc2cc(O)cc(-c3nc(OC)c4c(N5CC6CCC(C5)N6)nc(OC[C@]56CCCN5[C@@H](COC(=O)N(C)CCCCCCCCCCCCCCCC)CC6)nc4c3F)c12. The van der Waals surface area contributed by atoms with E-state index in [4.69, 9.17) is 30.6 Å². The van der Waals surface area contributed by atoms with Crippen LogP contribution in [0.5, 0.6) is 17.6 Å². The van der Waals surface area contributed by atoms with E-state index in [0.29, 0.717) is 42.8 Å². The van der Waals surface area contributed by atoms with Gasteiger partial charge in [0, 0.05) is 55.8 Å². The number of ether oxygens (including phenoxy) is 3. The number of nitrogens with one attached hydrogen (secondary N) is 1. The molecule has 12 nitrogen and oxygen atoms in total. The van der Waals surface area contributed by atoms with Gasteiger partial charge in [0.1, 0.15) is 47.2 Å². The monoisotopic (exact) mass is 924 g/mol. The number of hydrogen-bond donors (Lipinski definition) is 2. The number of anilines is 1. The summed E-state index contributed by atoms with van der Waals surface area (Å²) in [6.07, 6.45) is 29.3. The lowest BCUT2D eigenvalue weighted by atomic mass is 9.95. The molecule has 14 heteroatoms. The normalized spacial score (nSPS) is 21.3. The Morgan fingerprint density at radius 3 is 2.28 bits per heavy atom. The number of benzene rings is 2. The summed E-state index contributed by atoms with van der Waals surface area (Å²) in [7, 11) is 3.28. The van der Waals surface area contributed by atoms with Gasteiger partial charge in [0.2, 0.25) is 5.88 Å². The number of hydrogen-bond acceptors (Lipinski definition) is 11. The van der Waals surface area contributed by atoms with Crippen LogP contribution in [0.2, 0.25) is 0 Å². The van der Waals surface area contributed by atoms with Gasteiger partial charge >= 0.3 is 12.1 Å². The first-order valence-corrected chi connectivity index (χ1v) is 25.3. The van der Waals surface area contributed by atoms with Crippen molar-refractivity contribution in [2.75, 3.05) is 58.5 Å². The molecule has 0 spiro atoms. The minimum atomic E-state index is -0.806. The van der Waals surface area contributed by atoms with Gasteiger partial charge in [-0.1, -0.05) is 102 Å². The van der Waals surface area contributed by atoms with Crippen molar-refractivity contribution in [2.24, 2.45) is 0 Å². The van der Waals surface area contributed by atoms with Gasteiger partial charge in [0.15, 0.2) is 5.82 Å². The molecular weight excluding hydrogens is 853 g/mol. The number of unbranched alkanes of at least 4 members (excludes halogenated alkanes) is 13. The Balaban J connectivity index is 0.924. The number of phenols is 1. The highest BCUT2D eigenvalue weighted by Crippen LogP contribution is 2.45. The Morgan fingerprint density at radius 1 is 0.925 bits per heavy atom. The smallest absolute Gasteiger partial charge is 0.409 e. The van der Waals surface area contributed by atoms with E-state index < -0.39 is 11.6 Å². The van der Waals surface area contributed by atoms with E-state index in [0.717, 1.165) is 57.9 Å². The third-order valence-electron chi connectivity index (χ3n) is 14.9. The number of halogens is 2. The average Bonchev–Trinajstić information content (AvgIpc) is 4.02. The molecule has 2 aromatic heterocycles. The van der Waals surface area contributed by atoms with Crippen LogP contribution < -0.4 is 19.7 Å². The van der Waals surface area contributed by atoms with Crippen molar-refractivity contribution in [3.63, 3.8) is 0 Å². The van der Waals surface area contributed by atoms with Crippen molar-refractivity contribution < 1.29 is 32.9 Å². The van der Waals surface area contributed by atoms with Crippen LogP contribution in [0.15, 0.2) is 24.3 Å². The molecule has 8 rings (SSSR count). The number of aromatic nitrogens is 3. The summed E-state index contributed by atoms with van der Waals surface area (Å²) in [6.45, 7) is 5.67. The number of piperazine rings is 1. The van der Waals surface area contributed by atoms with Gasteiger partial charge in [-0.25, -0.2) is 18.6 Å². The third-order valence-corrected chi connectivity index (χ3v) is 14.9. The van der Waals surface area contributed by atoms with Crippen molar-refractivity contribution in [1.29, 1.82) is 0 Å². The summed E-state index contributed by atoms with van der Waals surface area (Å²) in [5.41, 5.74) is -0.573. The highest BCUT2D eigenvalue weighted by atomic mass is 19.1. The number of fused-ring (bicyclic) bond motifs is 5. The summed E-state index contributed by atoms with van der Waals surface area (Å²) < 4.78 is 50.9. The molecule has 4 aliphatic heterocycles. The zero-order valence-electron chi connectivity index (χ0n) is 40.0. The van der Waals surface area contributed by atoms with Crippen LogP contribution in [-0.4, -0.2) is 113 Å². The molecule has 2 aromatic carbocycles. The first-order chi connectivity index (χ1) is 32.6. The standard InChI is InChI=1S/C53H71F2N7O5/c1-5-7-8-9-10-11-12-13-14-15-16-17-18-19-28-60(3)52(64)66-34-39-25-27-53(26-20-29-62(39)53)35-67-51-58-48-45(49(59-51)61-32-37-22-23-38(33-61)56-37)50(65-4)57-47(46(48)55)42-31-40(63)30-36-21-24-43(54)41(6-2)44(36)42/h2,21,24,30-31,37-39,56,63H,5,7-20,22-23,25-29,32-35H2,1,3-4H3/t37?,38?,39-,53-/m1/s1. The third kappa shape index (κ3) is 11.0. The van der Waals surface area contributed by atoms with Crippen molar-refractivity contribution in [3.05, 3.63) is 41.5 Å². The van der Waals surface area contributed by atoms with E-state index in [9.17, 15) is 9.90 Å². The lowest BCUT2D eigenvalue weighted by Crippen LogP contribution is -2.51. The van der Waals surface area contributed by atoms with Crippen molar-refractivity contribution in [3.8, 4) is 41.2 Å². The van der Waals surface area contributed by atoms with Gasteiger partial charge in [0.25, 0.3) is 0 Å². The fourth-order valence-corrected chi connectivity index (χ4v) is 11.3. The molecule has 0 saturated carbocycles. The number of methoxy groups -OCH3 is 1. The van der Waals surface area contributed by atoms with Gasteiger partial charge < -0.3 is 34.4 Å². The van der Waals surface area contributed by atoms with Crippen molar-refractivity contribution >= 4 is 33.6 Å². The molecule has 2 bridgehead atoms. The minimum absolute atomic E-state index is 0.0174. The molecule has 0 radical (unpaired) electrons. The summed E-state index contributed by atoms with van der Waals surface area (Å²) in [5.74, 6) is 1.31. The maximum absolute atomic E-state index is 17.4. The van der Waals surface area contributed by atoms with Crippen LogP contribution >= 0.6 is 0 Å². The van der Waals surface area contributed by atoms with E-state index >= 15 is 8.78 Å². The average molecular weight is 924 g/mol. The largest absolute Gasteiger partial charge is 0.508 e. The number of carbonyl (C=O) groups excluding carboxylic acids is 1. The molecule has 4 fully saturated rings. The fourth-order valence-electron chi connectivity index (χ4n) is 11.3. The number of nitrogens with zero attached hydrogens (tertiary/aromatic N) is 6. The van der Waals surface area contributed by atoms with E-state index in [-0.39, 0.29) is 81.7 Å². The Labute approximate surface area is 395 Å². The topological polar surface area (TPSA) is 125 Å². The van der Waals surface area contributed by atoms with Gasteiger partial charge in [-0.2, -0.15) is 9.97 Å². The Kier molecular flexibility index (Phi) is 16.2. The second-order valence-corrected chi connectivity index (χ2v) is 19.6. The fraction of sp³-hybridized carbons (Fsp3) is 0.623. The molecule has 4 aromatic rings. The van der Waals surface area contributed by atoms with Crippen LogP contribution in [0.1, 0.15) is 141 Å². The molecular formula is C53H71F2N7O5. The number of amides is 1. The first-order valence-electron chi connectivity index (χ1n) is 25.3. The molecule has 362 valence electrons. The van der Waals surface area contributed by atoms with Crippen LogP contribution in [0, 0.1) is 24.0 Å². The molecule has 4 aliphatic rings. The lowest BCUT2D eigenvalue weighted by Gasteiger charge is -2.35. The second-order valence-electron chi connectivity index (χ2n) is 19.6. The molecule has 2 unspecified atom stereocenters. The van der Waals surface area contributed by atoms with Crippen LogP contribution in [0.25, 0.3) is 32.9 Å². The van der Waals surface area contributed by atoms with E-state index in [1.54, 1.807) is 4.90 Å². The molecule has 67 heavy (non-hydrogen) atoms. The highest BCUT2D eigenvalue weighted by Gasteiger charge is 2.50. The molecule has 0 aliphatic carbocycles. The first kappa shape index (κ1) is 48.5. The molecule has 1 amide bonds. The summed E-state index contributed by atoms with van der Waals surface area (Å²) in [5, 5.41) is 15.4. The summed E-state index contributed by atoms with van der Waals surface area (Å²) in [6, 6.07) is 6.04. The van der Waals surface area contributed by atoms with Crippen LogP contribution in [0.4, 0.5) is 19.4 Å². The number of rotatable bonds is 23. The highest BCUT2D eigenvalue weighted by molar-refractivity contribution is 6.04. The predicted octanol–water partition coefficient (Wildman–Crippen LogP) is 10.7. The van der Waals surface area contributed by atoms with Gasteiger partial charge in [-0.05, 0) is 75.1 Å². The molecule has 6 heterocycles. The van der Waals surface area contributed by atoms with E-state index in [1.165, 1.54) is 108 Å². The second kappa shape index (κ2) is 22.4. The Hall–Kier alpha value is -5.00. The van der Waals surface area contributed by atoms with Crippen LogP contribution in [-0.2, 0) is 4.74 Å². The number of carbonyl (C=O) groups is 1. The molecule has 4 atom stereocenters. The Bertz CT molecular complexity index is 2380. The van der Waals surface area contributed by atoms with Crippen LogP contribution in [0.3, 0.4) is 0 Å². The van der Waals surface area contributed by atoms with Gasteiger partial charge in [-0.15, -0.1) is 6.42 Å². The number of terminal acetylenes is 1. The lowest BCUT2D eigenvalue weighted by molar-refractivity contribution is 0.0463. The summed E-state index contributed by atoms with van der Waals surface area (Å²) in [4.78, 5) is 33.8. The quantitative estimate of drug-likeness (QED) is 0.0546. The maximum atomic E-state index is 17.4. The zero-order valence-corrected chi connectivity index (χ0v) is 40.0. The molecule has 2 N–H and O–H groups in total. The predicted molar refractivity (Wildman–Crippen MR) is 260 cm³/mol. The maximum Gasteiger partial charge on any atom is 0.409 e. The van der Waals surface area contributed by atoms with E-state index in [2.05, 4.69) is 32.9 Å². The number of phenolic OH excluding ortho intramolecular Hbond substituents is 1. The van der Waals surface area contributed by atoms with E-state index in [1.807, 2.05) is 7.05 Å². The van der Waals surface area contributed by atoms with Crippen molar-refractivity contribution in [2.45, 2.75) is 159 Å². The van der Waals surface area contributed by atoms with Crippen molar-refractivity contribution in [1.82, 2.24) is 30.1 Å². The number of aromatic hydroxyl groups is 1. The molecule has 4 saturated heterocycles. The van der Waals surface area contributed by atoms with Gasteiger partial charge in [-0.3, -0.25) is 4.90 Å². The van der Waals surface area contributed by atoms with Gasteiger partial charge in [0.05, 0.1) is 18.2 Å². The number of pyridine rings is 1. The minimum Gasteiger partial charge on any atom is -0.508 e. The summed E-state index contributed by atoms with van der Waals surface area (Å²) >= 11 is 0.